The first kappa shape index (κ1) is 12.4. The van der Waals surface area contributed by atoms with Gasteiger partial charge in [-0.1, -0.05) is 20.3 Å². The van der Waals surface area contributed by atoms with Gasteiger partial charge in [0.1, 0.15) is 0 Å². The quantitative estimate of drug-likeness (QED) is 0.772. The van der Waals surface area contributed by atoms with Gasteiger partial charge in [0, 0.05) is 12.6 Å². The van der Waals surface area contributed by atoms with Crippen LogP contribution >= 0.6 is 0 Å². The molecule has 1 saturated carbocycles. The van der Waals surface area contributed by atoms with E-state index in [1.165, 1.54) is 51.7 Å². The predicted octanol–water partition coefficient (Wildman–Crippen LogP) is 2.50. The summed E-state index contributed by atoms with van der Waals surface area (Å²) in [6, 6.07) is 0.942. The van der Waals surface area contributed by atoms with Crippen molar-refractivity contribution in [1.29, 1.82) is 0 Å². The molecule has 1 saturated heterocycles. The Hall–Kier alpha value is -0.0800. The lowest BCUT2D eigenvalue weighted by Gasteiger charge is -2.39. The molecule has 0 radical (unpaired) electrons. The average molecular weight is 224 g/mol. The second-order valence-electron chi connectivity index (χ2n) is 5.81. The summed E-state index contributed by atoms with van der Waals surface area (Å²) in [5.41, 5.74) is 0. The van der Waals surface area contributed by atoms with Crippen molar-refractivity contribution in [1.82, 2.24) is 10.2 Å². The van der Waals surface area contributed by atoms with Gasteiger partial charge in [0.05, 0.1) is 0 Å². The van der Waals surface area contributed by atoms with Crippen LogP contribution in [0.5, 0.6) is 0 Å². The number of hydrogen-bond acceptors (Lipinski definition) is 2. The molecule has 0 aromatic heterocycles. The zero-order valence-electron chi connectivity index (χ0n) is 11.0. The standard InChI is InChI=1S/C14H28N2/c1-3-15-10-12(2)11-16-9-5-7-13-6-4-8-14(13)16/h12-15H,3-11H2,1-2H3. The fourth-order valence-corrected chi connectivity index (χ4v) is 3.64. The lowest BCUT2D eigenvalue weighted by Crippen LogP contribution is -2.45. The molecule has 0 spiro atoms. The zero-order valence-corrected chi connectivity index (χ0v) is 11.0. The van der Waals surface area contributed by atoms with Crippen LogP contribution in [0.4, 0.5) is 0 Å². The van der Waals surface area contributed by atoms with Crippen LogP contribution in [0.15, 0.2) is 0 Å². The Morgan fingerprint density at radius 2 is 2.06 bits per heavy atom. The summed E-state index contributed by atoms with van der Waals surface area (Å²) < 4.78 is 0. The summed E-state index contributed by atoms with van der Waals surface area (Å²) in [5.74, 6) is 1.85. The van der Waals surface area contributed by atoms with Crippen molar-refractivity contribution in [2.45, 2.75) is 52.0 Å². The number of fused-ring (bicyclic) bond motifs is 1. The second kappa shape index (κ2) is 6.02. The maximum absolute atomic E-state index is 3.47. The summed E-state index contributed by atoms with van der Waals surface area (Å²) in [4.78, 5) is 2.79. The Labute approximate surface area is 101 Å². The molecule has 2 heteroatoms. The van der Waals surface area contributed by atoms with Crippen LogP contribution in [-0.2, 0) is 0 Å². The lowest BCUT2D eigenvalue weighted by atomic mass is 9.91. The van der Waals surface area contributed by atoms with Gasteiger partial charge in [-0.15, -0.1) is 0 Å². The van der Waals surface area contributed by atoms with E-state index in [1.807, 2.05) is 0 Å². The summed E-state index contributed by atoms with van der Waals surface area (Å²) in [6.07, 6.45) is 7.40. The van der Waals surface area contributed by atoms with E-state index in [0.29, 0.717) is 0 Å². The van der Waals surface area contributed by atoms with Gasteiger partial charge in [0.2, 0.25) is 0 Å². The van der Waals surface area contributed by atoms with Crippen LogP contribution in [0.1, 0.15) is 46.0 Å². The van der Waals surface area contributed by atoms with Crippen molar-refractivity contribution in [2.75, 3.05) is 26.2 Å². The van der Waals surface area contributed by atoms with Crippen LogP contribution in [0.25, 0.3) is 0 Å². The number of likely N-dealkylation sites (tertiary alicyclic amines) is 1. The van der Waals surface area contributed by atoms with Crippen molar-refractivity contribution in [3.8, 4) is 0 Å². The maximum atomic E-state index is 3.47. The monoisotopic (exact) mass is 224 g/mol. The Bertz CT molecular complexity index is 205. The van der Waals surface area contributed by atoms with Crippen molar-refractivity contribution < 1.29 is 0 Å². The third-order valence-corrected chi connectivity index (χ3v) is 4.40. The average Bonchev–Trinajstić information content (AvgIpc) is 2.75. The molecular formula is C14H28N2. The summed E-state index contributed by atoms with van der Waals surface area (Å²) in [6.45, 7) is 9.55. The fourth-order valence-electron chi connectivity index (χ4n) is 3.64. The van der Waals surface area contributed by atoms with E-state index in [0.717, 1.165) is 24.4 Å². The molecule has 1 heterocycles. The number of nitrogens with zero attached hydrogens (tertiary/aromatic N) is 1. The minimum absolute atomic E-state index is 0.805. The number of nitrogens with one attached hydrogen (secondary N) is 1. The smallest absolute Gasteiger partial charge is 0.0124 e. The normalized spacial score (nSPS) is 32.6. The fraction of sp³-hybridized carbons (Fsp3) is 1.00. The van der Waals surface area contributed by atoms with Gasteiger partial charge in [0.25, 0.3) is 0 Å². The number of hydrogen-bond donors (Lipinski definition) is 1. The highest BCUT2D eigenvalue weighted by Gasteiger charge is 2.34. The summed E-state index contributed by atoms with van der Waals surface area (Å²) in [5, 5.41) is 3.47. The van der Waals surface area contributed by atoms with Crippen molar-refractivity contribution in [3.63, 3.8) is 0 Å². The SMILES string of the molecule is CCNCC(C)CN1CCCC2CCCC21. The van der Waals surface area contributed by atoms with Gasteiger partial charge >= 0.3 is 0 Å². The highest BCUT2D eigenvalue weighted by Crippen LogP contribution is 2.36. The van der Waals surface area contributed by atoms with Gasteiger partial charge in [0.15, 0.2) is 0 Å². The molecule has 0 amide bonds. The van der Waals surface area contributed by atoms with Crippen molar-refractivity contribution in [3.05, 3.63) is 0 Å². The van der Waals surface area contributed by atoms with Gasteiger partial charge in [-0.2, -0.15) is 0 Å². The molecule has 2 nitrogen and oxygen atoms in total. The molecular weight excluding hydrogens is 196 g/mol. The van der Waals surface area contributed by atoms with Gasteiger partial charge in [-0.25, -0.2) is 0 Å². The highest BCUT2D eigenvalue weighted by atomic mass is 15.2. The minimum Gasteiger partial charge on any atom is -0.317 e. The van der Waals surface area contributed by atoms with Crippen LogP contribution < -0.4 is 5.32 Å². The maximum Gasteiger partial charge on any atom is 0.0124 e. The van der Waals surface area contributed by atoms with Gasteiger partial charge < -0.3 is 5.32 Å². The molecule has 2 aliphatic rings. The van der Waals surface area contributed by atoms with Crippen LogP contribution in [0.2, 0.25) is 0 Å². The lowest BCUT2D eigenvalue weighted by molar-refractivity contribution is 0.0972. The molecule has 2 rings (SSSR count). The third kappa shape index (κ3) is 2.98. The molecule has 1 N–H and O–H groups in total. The third-order valence-electron chi connectivity index (χ3n) is 4.40. The van der Waals surface area contributed by atoms with Crippen LogP contribution in [0, 0.1) is 11.8 Å². The van der Waals surface area contributed by atoms with Crippen LogP contribution in [-0.4, -0.2) is 37.1 Å². The first-order chi connectivity index (χ1) is 7.81. The topological polar surface area (TPSA) is 15.3 Å². The Morgan fingerprint density at radius 3 is 2.88 bits per heavy atom. The molecule has 16 heavy (non-hydrogen) atoms. The highest BCUT2D eigenvalue weighted by molar-refractivity contribution is 4.89. The first-order valence-electron chi connectivity index (χ1n) is 7.26. The molecule has 0 aromatic rings. The van der Waals surface area contributed by atoms with Crippen molar-refractivity contribution in [2.24, 2.45) is 11.8 Å². The molecule has 2 fully saturated rings. The van der Waals surface area contributed by atoms with E-state index in [-0.39, 0.29) is 0 Å². The molecule has 1 aliphatic heterocycles. The first-order valence-corrected chi connectivity index (χ1v) is 7.26. The Kier molecular flexibility index (Phi) is 4.66. The van der Waals surface area contributed by atoms with E-state index in [1.54, 1.807) is 0 Å². The molecule has 3 unspecified atom stereocenters. The second-order valence-corrected chi connectivity index (χ2v) is 5.81. The molecule has 0 aromatic carbocycles. The summed E-state index contributed by atoms with van der Waals surface area (Å²) in [7, 11) is 0. The summed E-state index contributed by atoms with van der Waals surface area (Å²) >= 11 is 0. The van der Waals surface area contributed by atoms with Crippen molar-refractivity contribution >= 4 is 0 Å². The van der Waals surface area contributed by atoms with Gasteiger partial charge in [-0.3, -0.25) is 4.90 Å². The molecule has 0 bridgehead atoms. The van der Waals surface area contributed by atoms with Gasteiger partial charge in [-0.05, 0) is 57.2 Å². The molecule has 3 atom stereocenters. The Morgan fingerprint density at radius 1 is 1.25 bits per heavy atom. The predicted molar refractivity (Wildman–Crippen MR) is 69.6 cm³/mol. The zero-order chi connectivity index (χ0) is 11.4. The minimum atomic E-state index is 0.805. The number of piperidine rings is 1. The van der Waals surface area contributed by atoms with E-state index < -0.39 is 0 Å². The largest absolute Gasteiger partial charge is 0.317 e. The van der Waals surface area contributed by atoms with Crippen LogP contribution in [0.3, 0.4) is 0 Å². The Balaban J connectivity index is 1.79. The van der Waals surface area contributed by atoms with E-state index in [4.69, 9.17) is 0 Å². The number of rotatable bonds is 5. The van der Waals surface area contributed by atoms with E-state index in [9.17, 15) is 0 Å². The van der Waals surface area contributed by atoms with E-state index >= 15 is 0 Å². The molecule has 94 valence electrons. The molecule has 1 aliphatic carbocycles. The van der Waals surface area contributed by atoms with E-state index in [2.05, 4.69) is 24.1 Å².